The maximum absolute atomic E-state index is 11.0. The SMILES string of the molecule is CC(C)CC12CC(C(=O)O)(C1)C2.CC(C)CC12CCC(C(=O)O)(C1)C2. The van der Waals surface area contributed by atoms with E-state index in [0.717, 1.165) is 50.9 Å². The van der Waals surface area contributed by atoms with Crippen LogP contribution < -0.4 is 0 Å². The van der Waals surface area contributed by atoms with E-state index in [4.69, 9.17) is 10.2 Å². The Bertz CT molecular complexity index is 549. The molecule has 0 aromatic rings. The van der Waals surface area contributed by atoms with Gasteiger partial charge in [0.15, 0.2) is 0 Å². The average molecular weight is 350 g/mol. The molecular weight excluding hydrogens is 316 g/mol. The van der Waals surface area contributed by atoms with Crippen LogP contribution in [-0.2, 0) is 9.59 Å². The summed E-state index contributed by atoms with van der Waals surface area (Å²) in [7, 11) is 0. The van der Waals surface area contributed by atoms with Gasteiger partial charge in [0.2, 0.25) is 0 Å². The van der Waals surface area contributed by atoms with Crippen molar-refractivity contribution in [3.8, 4) is 0 Å². The Morgan fingerprint density at radius 1 is 0.720 bits per heavy atom. The molecule has 4 bridgehead atoms. The Morgan fingerprint density at radius 2 is 1.12 bits per heavy atom. The fraction of sp³-hybridized carbons (Fsp3) is 0.905. The second-order valence-electron chi connectivity index (χ2n) is 10.8. The van der Waals surface area contributed by atoms with Gasteiger partial charge in [-0.05, 0) is 80.5 Å². The standard InChI is InChI=1S/C11H18O2.C10H16O2/c1-8(2)5-10-3-4-11(6-10,7-10)9(12)13;1-7(2)3-9-4-10(5-9,6-9)8(11)12/h8H,3-7H2,1-2H3,(H,12,13);7H,3-6H2,1-2H3,(H,11,12). The smallest absolute Gasteiger partial charge is 0.309 e. The molecule has 6 aliphatic carbocycles. The van der Waals surface area contributed by atoms with Crippen LogP contribution in [-0.4, -0.2) is 22.2 Å². The fourth-order valence-electron chi connectivity index (χ4n) is 6.92. The van der Waals surface area contributed by atoms with Crippen LogP contribution in [0.5, 0.6) is 0 Å². The first kappa shape index (κ1) is 18.7. The topological polar surface area (TPSA) is 74.6 Å². The molecule has 25 heavy (non-hydrogen) atoms. The van der Waals surface area contributed by atoms with Crippen molar-refractivity contribution in [3.05, 3.63) is 0 Å². The molecule has 0 amide bonds. The highest BCUT2D eigenvalue weighted by Gasteiger charge is 2.71. The van der Waals surface area contributed by atoms with Crippen LogP contribution in [0.4, 0.5) is 0 Å². The second kappa shape index (κ2) is 5.72. The highest BCUT2D eigenvalue weighted by molar-refractivity contribution is 5.79. The monoisotopic (exact) mass is 350 g/mol. The van der Waals surface area contributed by atoms with Crippen molar-refractivity contribution in [1.82, 2.24) is 0 Å². The van der Waals surface area contributed by atoms with Crippen molar-refractivity contribution < 1.29 is 19.8 Å². The predicted molar refractivity (Wildman–Crippen MR) is 96.2 cm³/mol. The molecule has 0 aromatic carbocycles. The van der Waals surface area contributed by atoms with Gasteiger partial charge in [0.05, 0.1) is 10.8 Å². The van der Waals surface area contributed by atoms with E-state index in [2.05, 4.69) is 27.7 Å². The molecule has 6 rings (SSSR count). The normalized spacial score (nSPS) is 42.8. The molecule has 2 N–H and O–H groups in total. The van der Waals surface area contributed by atoms with Gasteiger partial charge >= 0.3 is 11.9 Å². The van der Waals surface area contributed by atoms with Crippen LogP contribution in [0.25, 0.3) is 0 Å². The van der Waals surface area contributed by atoms with Crippen LogP contribution in [0.1, 0.15) is 85.5 Å². The lowest BCUT2D eigenvalue weighted by Crippen LogP contribution is -2.65. The van der Waals surface area contributed by atoms with Gasteiger partial charge in [0.25, 0.3) is 0 Å². The molecule has 0 saturated heterocycles. The van der Waals surface area contributed by atoms with Gasteiger partial charge in [-0.3, -0.25) is 9.59 Å². The molecule has 6 aliphatic rings. The lowest BCUT2D eigenvalue weighted by atomic mass is 9.34. The van der Waals surface area contributed by atoms with E-state index in [-0.39, 0.29) is 10.8 Å². The summed E-state index contributed by atoms with van der Waals surface area (Å²) in [5.74, 6) is 0.319. The van der Waals surface area contributed by atoms with E-state index in [9.17, 15) is 9.59 Å². The number of aliphatic carboxylic acids is 2. The van der Waals surface area contributed by atoms with Crippen molar-refractivity contribution >= 4 is 11.9 Å². The Labute approximate surface area is 151 Å². The number of carboxylic acids is 2. The van der Waals surface area contributed by atoms with E-state index in [1.165, 1.54) is 12.8 Å². The molecule has 0 radical (unpaired) electrons. The highest BCUT2D eigenvalue weighted by atomic mass is 16.4. The maximum atomic E-state index is 11.0. The van der Waals surface area contributed by atoms with Crippen LogP contribution in [0.2, 0.25) is 0 Å². The summed E-state index contributed by atoms with van der Waals surface area (Å²) < 4.78 is 0. The summed E-state index contributed by atoms with van der Waals surface area (Å²) in [6.45, 7) is 8.89. The number of carbonyl (C=O) groups is 2. The molecule has 0 aromatic heterocycles. The zero-order valence-corrected chi connectivity index (χ0v) is 16.2. The largest absolute Gasteiger partial charge is 0.481 e. The number of hydrogen-bond donors (Lipinski definition) is 2. The first-order valence-corrected chi connectivity index (χ1v) is 9.93. The Balaban J connectivity index is 0.000000146. The van der Waals surface area contributed by atoms with Gasteiger partial charge in [-0.2, -0.15) is 0 Å². The molecule has 4 nitrogen and oxygen atoms in total. The number of fused-ring (bicyclic) bond motifs is 1. The van der Waals surface area contributed by atoms with Crippen LogP contribution in [0, 0.1) is 33.5 Å². The molecule has 0 spiro atoms. The molecule has 6 saturated carbocycles. The third-order valence-corrected chi connectivity index (χ3v) is 7.29. The van der Waals surface area contributed by atoms with Crippen LogP contribution in [0.3, 0.4) is 0 Å². The van der Waals surface area contributed by atoms with Gasteiger partial charge in [0, 0.05) is 0 Å². The Kier molecular flexibility index (Phi) is 4.28. The molecule has 4 heteroatoms. The summed E-state index contributed by atoms with van der Waals surface area (Å²) in [6.07, 6.45) is 9.28. The molecule has 6 fully saturated rings. The summed E-state index contributed by atoms with van der Waals surface area (Å²) in [4.78, 5) is 21.8. The minimum atomic E-state index is -0.562. The van der Waals surface area contributed by atoms with Gasteiger partial charge in [-0.25, -0.2) is 0 Å². The molecular formula is C21H34O4. The summed E-state index contributed by atoms with van der Waals surface area (Å²) in [5, 5.41) is 17.9. The summed E-state index contributed by atoms with van der Waals surface area (Å²) in [6, 6.07) is 0. The van der Waals surface area contributed by atoms with E-state index < -0.39 is 11.9 Å². The van der Waals surface area contributed by atoms with Crippen LogP contribution in [0.15, 0.2) is 0 Å². The highest BCUT2D eigenvalue weighted by Crippen LogP contribution is 2.75. The minimum Gasteiger partial charge on any atom is -0.481 e. The van der Waals surface area contributed by atoms with Crippen molar-refractivity contribution in [2.45, 2.75) is 85.5 Å². The Morgan fingerprint density at radius 3 is 1.48 bits per heavy atom. The second-order valence-corrected chi connectivity index (χ2v) is 10.8. The fourth-order valence-corrected chi connectivity index (χ4v) is 6.92. The number of rotatable bonds is 6. The number of hydrogen-bond acceptors (Lipinski definition) is 2. The predicted octanol–water partition coefficient (Wildman–Crippen LogP) is 4.96. The van der Waals surface area contributed by atoms with Crippen LogP contribution >= 0.6 is 0 Å². The van der Waals surface area contributed by atoms with Gasteiger partial charge in [0.1, 0.15) is 0 Å². The molecule has 0 unspecified atom stereocenters. The van der Waals surface area contributed by atoms with Crippen molar-refractivity contribution in [1.29, 1.82) is 0 Å². The zero-order chi connectivity index (χ0) is 18.7. The van der Waals surface area contributed by atoms with E-state index >= 15 is 0 Å². The maximum Gasteiger partial charge on any atom is 0.309 e. The van der Waals surface area contributed by atoms with E-state index in [1.54, 1.807) is 0 Å². The minimum absolute atomic E-state index is 0.269. The molecule has 0 aliphatic heterocycles. The molecule has 142 valence electrons. The first-order chi connectivity index (χ1) is 11.5. The van der Waals surface area contributed by atoms with Crippen molar-refractivity contribution in [3.63, 3.8) is 0 Å². The lowest BCUT2D eigenvalue weighted by molar-refractivity contribution is -0.227. The first-order valence-electron chi connectivity index (χ1n) is 9.93. The summed E-state index contributed by atoms with van der Waals surface area (Å²) >= 11 is 0. The third kappa shape index (κ3) is 3.00. The van der Waals surface area contributed by atoms with Gasteiger partial charge in [-0.15, -0.1) is 0 Å². The Hall–Kier alpha value is -1.06. The van der Waals surface area contributed by atoms with E-state index in [1.807, 2.05) is 0 Å². The number of carboxylic acid groups (broad SMARTS) is 2. The summed E-state index contributed by atoms with van der Waals surface area (Å²) in [5.41, 5.74) is 0.308. The quantitative estimate of drug-likeness (QED) is 0.709. The van der Waals surface area contributed by atoms with Crippen molar-refractivity contribution in [2.24, 2.45) is 33.5 Å². The van der Waals surface area contributed by atoms with Crippen molar-refractivity contribution in [2.75, 3.05) is 0 Å². The van der Waals surface area contributed by atoms with Gasteiger partial charge in [-0.1, -0.05) is 27.7 Å². The third-order valence-electron chi connectivity index (χ3n) is 7.29. The lowest BCUT2D eigenvalue weighted by Gasteiger charge is -2.69. The average Bonchev–Trinajstić information content (AvgIpc) is 2.87. The molecule has 0 atom stereocenters. The zero-order valence-electron chi connectivity index (χ0n) is 16.2. The molecule has 0 heterocycles. The van der Waals surface area contributed by atoms with Gasteiger partial charge < -0.3 is 10.2 Å². The van der Waals surface area contributed by atoms with E-state index in [0.29, 0.717) is 16.7 Å².